The number of rotatable bonds is 7. The third-order valence-electron chi connectivity index (χ3n) is 7.02. The molecule has 0 amide bonds. The summed E-state index contributed by atoms with van der Waals surface area (Å²) in [5, 5.41) is 7.12. The fraction of sp³-hybridized carbons (Fsp3) is 0.233. The highest BCUT2D eigenvalue weighted by atomic mass is 32.1. The lowest BCUT2D eigenvalue weighted by molar-refractivity contribution is 0.776. The van der Waals surface area contributed by atoms with Crippen LogP contribution in [0, 0.1) is 0 Å². The Balaban J connectivity index is 1.17. The zero-order valence-electron chi connectivity index (χ0n) is 20.7. The van der Waals surface area contributed by atoms with Gasteiger partial charge in [-0.05, 0) is 52.9 Å². The summed E-state index contributed by atoms with van der Waals surface area (Å²) in [5.74, 6) is 2.35. The van der Waals surface area contributed by atoms with E-state index in [1.54, 1.807) is 0 Å². The van der Waals surface area contributed by atoms with E-state index in [2.05, 4.69) is 99.3 Å². The molecule has 0 aliphatic carbocycles. The molecule has 6 rings (SSSR count). The molecule has 0 radical (unpaired) electrons. The van der Waals surface area contributed by atoms with Gasteiger partial charge in [0, 0.05) is 38.8 Å². The van der Waals surface area contributed by atoms with Gasteiger partial charge in [-0.2, -0.15) is 9.97 Å². The Bertz CT molecular complexity index is 1280. The van der Waals surface area contributed by atoms with Crippen molar-refractivity contribution in [2.45, 2.75) is 39.0 Å². The summed E-state index contributed by atoms with van der Waals surface area (Å²) in [6.45, 7) is 4.15. The van der Waals surface area contributed by atoms with Gasteiger partial charge in [0.05, 0.1) is 0 Å². The molecule has 6 nitrogen and oxygen atoms in total. The number of fused-ring (bicyclic) bond motifs is 2. The van der Waals surface area contributed by atoms with Gasteiger partial charge in [0.2, 0.25) is 5.95 Å². The van der Waals surface area contributed by atoms with Crippen LogP contribution in [0.3, 0.4) is 0 Å². The van der Waals surface area contributed by atoms with Crippen LogP contribution in [0.15, 0.2) is 84.9 Å². The minimum absolute atomic E-state index is 0.528. The molecule has 2 aliphatic rings. The zero-order valence-corrected chi connectivity index (χ0v) is 21.5. The number of aryl methyl sites for hydroxylation is 1. The first kappa shape index (κ1) is 23.4. The van der Waals surface area contributed by atoms with E-state index in [9.17, 15) is 0 Å². The molecular formula is C30H30N6S. The lowest BCUT2D eigenvalue weighted by Gasteiger charge is -2.22. The Kier molecular flexibility index (Phi) is 6.69. The predicted molar refractivity (Wildman–Crippen MR) is 154 cm³/mol. The normalized spacial score (nSPS) is 13.8. The maximum Gasteiger partial charge on any atom is 0.232 e. The average molecular weight is 507 g/mol. The number of nitrogens with one attached hydrogen (secondary N) is 2. The van der Waals surface area contributed by atoms with Gasteiger partial charge in [-0.15, -0.1) is 0 Å². The largest absolute Gasteiger partial charge is 0.362 e. The Hall–Kier alpha value is -3.97. The molecule has 186 valence electrons. The monoisotopic (exact) mass is 506 g/mol. The summed E-state index contributed by atoms with van der Waals surface area (Å²) in [6, 6.07) is 29.8. The minimum atomic E-state index is 0.528. The highest BCUT2D eigenvalue weighted by Crippen LogP contribution is 2.32. The number of benzene rings is 3. The highest BCUT2D eigenvalue weighted by Gasteiger charge is 2.25. The molecular weight excluding hydrogens is 476 g/mol. The SMILES string of the molecule is S=C(NCCCc1ccccc1)Nc1nc(N2Cc3ccccc3C2)cc(N2Cc3ccccc3C2)n1. The molecule has 3 heterocycles. The Labute approximate surface area is 223 Å². The van der Waals surface area contributed by atoms with Gasteiger partial charge < -0.3 is 20.4 Å². The molecule has 0 saturated heterocycles. The molecule has 0 unspecified atom stereocenters. The van der Waals surface area contributed by atoms with E-state index in [0.717, 1.165) is 57.2 Å². The van der Waals surface area contributed by atoms with Crippen LogP contribution in [0.1, 0.15) is 34.2 Å². The number of hydrogen-bond acceptors (Lipinski definition) is 5. The Morgan fingerprint density at radius 3 is 1.70 bits per heavy atom. The molecule has 1 aromatic heterocycles. The van der Waals surface area contributed by atoms with E-state index >= 15 is 0 Å². The van der Waals surface area contributed by atoms with Gasteiger partial charge in [0.25, 0.3) is 0 Å². The average Bonchev–Trinajstić information content (AvgIpc) is 3.56. The molecule has 0 atom stereocenters. The van der Waals surface area contributed by atoms with Crippen molar-refractivity contribution >= 4 is 34.9 Å². The minimum Gasteiger partial charge on any atom is -0.362 e. The molecule has 0 fully saturated rings. The fourth-order valence-corrected chi connectivity index (χ4v) is 5.27. The first-order chi connectivity index (χ1) is 18.2. The molecule has 2 aliphatic heterocycles. The van der Waals surface area contributed by atoms with E-state index in [4.69, 9.17) is 22.2 Å². The standard InChI is InChI=1S/C30H30N6S/c37-30(31-16-8-11-22-9-2-1-3-10-22)34-29-32-27(35-18-23-12-4-5-13-24(23)19-35)17-28(33-29)36-20-25-14-6-7-15-26(25)21-36/h1-7,9-10,12-15,17H,8,11,16,18-21H2,(H2,31,32,33,34,37). The van der Waals surface area contributed by atoms with E-state index in [1.807, 2.05) is 6.07 Å². The van der Waals surface area contributed by atoms with Crippen molar-refractivity contribution in [1.29, 1.82) is 0 Å². The number of hydrogen-bond donors (Lipinski definition) is 2. The van der Waals surface area contributed by atoms with Crippen molar-refractivity contribution in [3.63, 3.8) is 0 Å². The summed E-state index contributed by atoms with van der Waals surface area (Å²) < 4.78 is 0. The second kappa shape index (κ2) is 10.6. The van der Waals surface area contributed by atoms with Crippen molar-refractivity contribution in [3.05, 3.63) is 113 Å². The highest BCUT2D eigenvalue weighted by molar-refractivity contribution is 7.80. The van der Waals surface area contributed by atoms with Crippen molar-refractivity contribution in [1.82, 2.24) is 15.3 Å². The second-order valence-electron chi connectivity index (χ2n) is 9.63. The molecule has 2 N–H and O–H groups in total. The smallest absolute Gasteiger partial charge is 0.232 e. The van der Waals surface area contributed by atoms with Crippen LogP contribution in [0.4, 0.5) is 17.6 Å². The first-order valence-electron chi connectivity index (χ1n) is 12.8. The number of anilines is 3. The van der Waals surface area contributed by atoms with Gasteiger partial charge in [-0.3, -0.25) is 0 Å². The summed E-state index contributed by atoms with van der Waals surface area (Å²) in [4.78, 5) is 14.4. The van der Waals surface area contributed by atoms with Crippen molar-refractivity contribution < 1.29 is 0 Å². The van der Waals surface area contributed by atoms with Crippen molar-refractivity contribution in [2.75, 3.05) is 21.7 Å². The lowest BCUT2D eigenvalue weighted by Crippen LogP contribution is -2.31. The molecule has 0 spiro atoms. The summed E-state index contributed by atoms with van der Waals surface area (Å²) in [6.07, 6.45) is 2.01. The van der Waals surface area contributed by atoms with E-state index in [-0.39, 0.29) is 0 Å². The van der Waals surface area contributed by atoms with E-state index in [0.29, 0.717) is 11.1 Å². The topological polar surface area (TPSA) is 56.3 Å². The summed E-state index contributed by atoms with van der Waals surface area (Å²) in [7, 11) is 0. The van der Waals surface area contributed by atoms with E-state index < -0.39 is 0 Å². The fourth-order valence-electron chi connectivity index (χ4n) is 5.08. The molecule has 0 bridgehead atoms. The maximum absolute atomic E-state index is 5.61. The Morgan fingerprint density at radius 2 is 1.19 bits per heavy atom. The van der Waals surface area contributed by atoms with Gasteiger partial charge in [0.15, 0.2) is 5.11 Å². The van der Waals surface area contributed by atoms with Crippen LogP contribution in [0.2, 0.25) is 0 Å². The third-order valence-corrected chi connectivity index (χ3v) is 7.27. The van der Waals surface area contributed by atoms with Gasteiger partial charge in [-0.25, -0.2) is 0 Å². The number of aromatic nitrogens is 2. The molecule has 37 heavy (non-hydrogen) atoms. The number of thiocarbonyl (C=S) groups is 1. The third kappa shape index (κ3) is 5.42. The van der Waals surface area contributed by atoms with E-state index in [1.165, 1.54) is 27.8 Å². The first-order valence-corrected chi connectivity index (χ1v) is 13.2. The molecule has 4 aromatic rings. The van der Waals surface area contributed by atoms with Crippen LogP contribution < -0.4 is 20.4 Å². The van der Waals surface area contributed by atoms with Crippen molar-refractivity contribution in [2.24, 2.45) is 0 Å². The second-order valence-corrected chi connectivity index (χ2v) is 10.0. The van der Waals surface area contributed by atoms with Gasteiger partial charge in [0.1, 0.15) is 11.6 Å². The number of nitrogens with zero attached hydrogens (tertiary/aromatic N) is 4. The van der Waals surface area contributed by atoms with Crippen LogP contribution in [-0.2, 0) is 32.6 Å². The van der Waals surface area contributed by atoms with Crippen molar-refractivity contribution in [3.8, 4) is 0 Å². The van der Waals surface area contributed by atoms with Crippen LogP contribution in [0.25, 0.3) is 0 Å². The van der Waals surface area contributed by atoms with Gasteiger partial charge >= 0.3 is 0 Å². The lowest BCUT2D eigenvalue weighted by atomic mass is 10.1. The van der Waals surface area contributed by atoms with Crippen LogP contribution >= 0.6 is 12.2 Å². The van der Waals surface area contributed by atoms with Gasteiger partial charge in [-0.1, -0.05) is 78.9 Å². The zero-order chi connectivity index (χ0) is 25.0. The summed E-state index contributed by atoms with van der Waals surface area (Å²) >= 11 is 5.61. The molecule has 3 aromatic carbocycles. The maximum atomic E-state index is 5.61. The Morgan fingerprint density at radius 1 is 0.703 bits per heavy atom. The molecule has 0 saturated carbocycles. The van der Waals surface area contributed by atoms with Crippen LogP contribution in [-0.4, -0.2) is 21.6 Å². The summed E-state index contributed by atoms with van der Waals surface area (Å²) in [5.41, 5.74) is 6.73. The van der Waals surface area contributed by atoms with Crippen LogP contribution in [0.5, 0.6) is 0 Å². The predicted octanol–water partition coefficient (Wildman–Crippen LogP) is 5.44. The molecule has 7 heteroatoms. The quantitative estimate of drug-likeness (QED) is 0.256.